The molecule has 2 rings (SSSR count). The van der Waals surface area contributed by atoms with Crippen LogP contribution in [-0.2, 0) is 4.74 Å². The molecule has 1 heterocycles. The molecular formula is C19H21N3O3. The van der Waals surface area contributed by atoms with Crippen LogP contribution in [0.25, 0.3) is 0 Å². The number of ether oxygens (including phenoxy) is 3. The molecule has 0 spiro atoms. The van der Waals surface area contributed by atoms with Crippen molar-refractivity contribution in [1.29, 1.82) is 10.5 Å². The van der Waals surface area contributed by atoms with Crippen LogP contribution in [0.1, 0.15) is 32.3 Å². The molecule has 0 amide bonds. The monoisotopic (exact) mass is 339 g/mol. The number of nitriles is 2. The SMILES string of the molecule is COc1ccc(OC)c(C2C(C#N)=C(N)OC(C(C)(C)C)=C2C#N)c1. The molecule has 0 fully saturated rings. The van der Waals surface area contributed by atoms with Crippen LogP contribution in [0.5, 0.6) is 11.5 Å². The molecule has 1 atom stereocenters. The molecule has 0 bridgehead atoms. The van der Waals surface area contributed by atoms with E-state index in [1.165, 1.54) is 7.11 Å². The highest BCUT2D eigenvalue weighted by Gasteiger charge is 2.38. The van der Waals surface area contributed by atoms with Crippen LogP contribution in [-0.4, -0.2) is 14.2 Å². The Hall–Kier alpha value is -3.12. The second-order valence-electron chi connectivity index (χ2n) is 6.64. The topological polar surface area (TPSA) is 101 Å². The van der Waals surface area contributed by atoms with E-state index in [0.717, 1.165) is 0 Å². The van der Waals surface area contributed by atoms with Crippen molar-refractivity contribution in [2.45, 2.75) is 26.7 Å². The van der Waals surface area contributed by atoms with E-state index in [2.05, 4.69) is 12.1 Å². The van der Waals surface area contributed by atoms with E-state index in [-0.39, 0.29) is 11.5 Å². The van der Waals surface area contributed by atoms with Crippen LogP contribution in [0.2, 0.25) is 0 Å². The third kappa shape index (κ3) is 3.25. The van der Waals surface area contributed by atoms with Gasteiger partial charge in [0, 0.05) is 11.0 Å². The van der Waals surface area contributed by atoms with Gasteiger partial charge in [-0.25, -0.2) is 0 Å². The van der Waals surface area contributed by atoms with Crippen LogP contribution in [0.4, 0.5) is 0 Å². The highest BCUT2D eigenvalue weighted by molar-refractivity contribution is 5.58. The predicted octanol–water partition coefficient (Wildman–Crippen LogP) is 3.34. The van der Waals surface area contributed by atoms with Gasteiger partial charge in [-0.1, -0.05) is 20.8 Å². The molecule has 6 nitrogen and oxygen atoms in total. The normalized spacial score (nSPS) is 17.5. The van der Waals surface area contributed by atoms with Crippen molar-refractivity contribution in [3.63, 3.8) is 0 Å². The predicted molar refractivity (Wildman–Crippen MR) is 92.3 cm³/mol. The van der Waals surface area contributed by atoms with E-state index in [0.29, 0.717) is 28.4 Å². The fourth-order valence-corrected chi connectivity index (χ4v) is 2.81. The largest absolute Gasteiger partial charge is 0.497 e. The van der Waals surface area contributed by atoms with Crippen LogP contribution in [0, 0.1) is 28.1 Å². The molecule has 0 aromatic heterocycles. The van der Waals surface area contributed by atoms with Gasteiger partial charge >= 0.3 is 0 Å². The second-order valence-corrected chi connectivity index (χ2v) is 6.64. The van der Waals surface area contributed by atoms with Crippen molar-refractivity contribution in [3.05, 3.63) is 46.6 Å². The maximum Gasteiger partial charge on any atom is 0.205 e. The first-order chi connectivity index (χ1) is 11.8. The summed E-state index contributed by atoms with van der Waals surface area (Å²) in [5.41, 5.74) is 6.69. The second kappa shape index (κ2) is 6.78. The summed E-state index contributed by atoms with van der Waals surface area (Å²) in [6.07, 6.45) is 0. The van der Waals surface area contributed by atoms with Gasteiger partial charge in [-0.15, -0.1) is 0 Å². The molecule has 0 saturated heterocycles. The minimum absolute atomic E-state index is 0.00120. The standard InChI is InChI=1S/C19H21N3O3/c1-19(2,3)17-13(9-20)16(14(10-21)18(22)25-17)12-8-11(23-4)6-7-15(12)24-5/h6-8,16H,22H2,1-5H3. The Kier molecular flexibility index (Phi) is 4.94. The Morgan fingerprint density at radius 1 is 1.08 bits per heavy atom. The minimum atomic E-state index is -0.678. The van der Waals surface area contributed by atoms with Crippen LogP contribution < -0.4 is 15.2 Å². The maximum absolute atomic E-state index is 9.81. The van der Waals surface area contributed by atoms with Gasteiger partial charge in [0.1, 0.15) is 28.9 Å². The molecule has 1 aromatic carbocycles. The van der Waals surface area contributed by atoms with Crippen molar-refractivity contribution < 1.29 is 14.2 Å². The summed E-state index contributed by atoms with van der Waals surface area (Å²) in [7, 11) is 3.08. The lowest BCUT2D eigenvalue weighted by molar-refractivity contribution is 0.199. The zero-order valence-electron chi connectivity index (χ0n) is 15.0. The lowest BCUT2D eigenvalue weighted by Crippen LogP contribution is -2.26. The lowest BCUT2D eigenvalue weighted by atomic mass is 9.78. The van der Waals surface area contributed by atoms with E-state index in [9.17, 15) is 10.5 Å². The Labute approximate surface area is 147 Å². The van der Waals surface area contributed by atoms with E-state index in [1.54, 1.807) is 25.3 Å². The van der Waals surface area contributed by atoms with E-state index < -0.39 is 11.3 Å². The quantitative estimate of drug-likeness (QED) is 0.906. The van der Waals surface area contributed by atoms with E-state index in [4.69, 9.17) is 19.9 Å². The molecular weight excluding hydrogens is 318 g/mol. The van der Waals surface area contributed by atoms with Crippen molar-refractivity contribution in [3.8, 4) is 23.6 Å². The molecule has 1 aromatic rings. The molecule has 130 valence electrons. The summed E-state index contributed by atoms with van der Waals surface area (Å²) in [6, 6.07) is 9.51. The van der Waals surface area contributed by atoms with Crippen LogP contribution in [0.3, 0.4) is 0 Å². The highest BCUT2D eigenvalue weighted by Crippen LogP contribution is 2.46. The Bertz CT molecular complexity index is 833. The highest BCUT2D eigenvalue weighted by atomic mass is 16.5. The lowest BCUT2D eigenvalue weighted by Gasteiger charge is -2.32. The van der Waals surface area contributed by atoms with Gasteiger partial charge in [-0.2, -0.15) is 10.5 Å². The van der Waals surface area contributed by atoms with Crippen molar-refractivity contribution >= 4 is 0 Å². The number of hydrogen-bond acceptors (Lipinski definition) is 6. The average Bonchev–Trinajstić information content (AvgIpc) is 2.59. The van der Waals surface area contributed by atoms with Crippen molar-refractivity contribution in [2.75, 3.05) is 14.2 Å². The Balaban J connectivity index is 2.82. The molecule has 0 saturated carbocycles. The van der Waals surface area contributed by atoms with E-state index in [1.807, 2.05) is 20.8 Å². The zero-order chi connectivity index (χ0) is 18.8. The summed E-state index contributed by atoms with van der Waals surface area (Å²) in [5.74, 6) is 0.896. The molecule has 25 heavy (non-hydrogen) atoms. The van der Waals surface area contributed by atoms with Gasteiger partial charge < -0.3 is 19.9 Å². The Morgan fingerprint density at radius 2 is 1.72 bits per heavy atom. The van der Waals surface area contributed by atoms with Crippen LogP contribution in [0.15, 0.2) is 41.0 Å². The average molecular weight is 339 g/mol. The summed E-state index contributed by atoms with van der Waals surface area (Å²) < 4.78 is 16.4. The van der Waals surface area contributed by atoms with Gasteiger partial charge in [0.05, 0.1) is 31.8 Å². The number of allylic oxidation sites excluding steroid dienone is 3. The number of nitrogens with two attached hydrogens (primary N) is 1. The fraction of sp³-hybridized carbons (Fsp3) is 0.368. The molecule has 1 aliphatic rings. The molecule has 6 heteroatoms. The molecule has 2 N–H and O–H groups in total. The number of rotatable bonds is 3. The number of benzene rings is 1. The molecule has 0 radical (unpaired) electrons. The van der Waals surface area contributed by atoms with Gasteiger partial charge in [-0.3, -0.25) is 0 Å². The van der Waals surface area contributed by atoms with Gasteiger partial charge in [0.15, 0.2) is 0 Å². The minimum Gasteiger partial charge on any atom is -0.497 e. The van der Waals surface area contributed by atoms with Crippen molar-refractivity contribution in [1.82, 2.24) is 0 Å². The van der Waals surface area contributed by atoms with Gasteiger partial charge in [-0.05, 0) is 18.2 Å². The molecule has 0 aliphatic carbocycles. The summed E-state index contributed by atoms with van der Waals surface area (Å²) in [4.78, 5) is 0. The zero-order valence-corrected chi connectivity index (χ0v) is 15.0. The Morgan fingerprint density at radius 3 is 2.20 bits per heavy atom. The molecule has 1 unspecified atom stereocenters. The third-order valence-corrected chi connectivity index (χ3v) is 3.97. The maximum atomic E-state index is 9.81. The smallest absolute Gasteiger partial charge is 0.205 e. The van der Waals surface area contributed by atoms with Crippen molar-refractivity contribution in [2.24, 2.45) is 11.1 Å². The summed E-state index contributed by atoms with van der Waals surface area (Å²) in [6.45, 7) is 5.76. The number of hydrogen-bond donors (Lipinski definition) is 1. The third-order valence-electron chi connectivity index (χ3n) is 3.97. The van der Waals surface area contributed by atoms with Crippen LogP contribution >= 0.6 is 0 Å². The first-order valence-electron chi connectivity index (χ1n) is 7.72. The first-order valence-corrected chi connectivity index (χ1v) is 7.72. The van der Waals surface area contributed by atoms with E-state index >= 15 is 0 Å². The van der Waals surface area contributed by atoms with Gasteiger partial charge in [0.25, 0.3) is 0 Å². The number of methoxy groups -OCH3 is 2. The number of nitrogens with zero attached hydrogens (tertiary/aromatic N) is 2. The first kappa shape index (κ1) is 18.2. The molecule has 1 aliphatic heterocycles. The van der Waals surface area contributed by atoms with Gasteiger partial charge in [0.2, 0.25) is 5.88 Å². The fourth-order valence-electron chi connectivity index (χ4n) is 2.81. The summed E-state index contributed by atoms with van der Waals surface area (Å²) in [5, 5.41) is 19.4. The summed E-state index contributed by atoms with van der Waals surface area (Å²) >= 11 is 0.